The number of para-hydroxylation sites is 2. The first-order chi connectivity index (χ1) is 31.6. The van der Waals surface area contributed by atoms with Crippen molar-refractivity contribution >= 4 is 59.9 Å². The molecule has 1 aromatic heterocycles. The molecule has 0 spiro atoms. The zero-order valence-corrected chi connectivity index (χ0v) is 37.3. The van der Waals surface area contributed by atoms with Gasteiger partial charge in [-0.2, -0.15) is 0 Å². The fourth-order valence-corrected chi connectivity index (χ4v) is 11.8. The second-order valence-corrected chi connectivity index (χ2v) is 18.6. The molecule has 4 unspecified atom stereocenters. The van der Waals surface area contributed by atoms with Gasteiger partial charge in [-0.05, 0) is 131 Å². The van der Waals surface area contributed by atoms with Crippen molar-refractivity contribution < 1.29 is 0 Å². The molecule has 0 radical (unpaired) electrons. The van der Waals surface area contributed by atoms with Gasteiger partial charge in [0, 0.05) is 66.5 Å². The van der Waals surface area contributed by atoms with Crippen molar-refractivity contribution in [2.24, 2.45) is 5.92 Å². The van der Waals surface area contributed by atoms with E-state index in [4.69, 9.17) is 0 Å². The van der Waals surface area contributed by atoms with E-state index in [1.54, 1.807) is 0 Å². The zero-order chi connectivity index (χ0) is 43.0. The van der Waals surface area contributed by atoms with E-state index in [1.165, 1.54) is 76.2 Å². The largest absolute Gasteiger partial charge is 0.338 e. The van der Waals surface area contributed by atoms with Crippen LogP contribution in [0.3, 0.4) is 0 Å². The van der Waals surface area contributed by atoms with Crippen LogP contribution in [0.1, 0.15) is 56.1 Å². The fourth-order valence-electron chi connectivity index (χ4n) is 10.7. The third-order valence-corrected chi connectivity index (χ3v) is 14.8. The van der Waals surface area contributed by atoms with E-state index in [9.17, 15) is 0 Å². The molecule has 0 saturated heterocycles. The first-order valence-electron chi connectivity index (χ1n) is 23.0. The summed E-state index contributed by atoms with van der Waals surface area (Å²) in [5.41, 5.74) is 15.3. The summed E-state index contributed by atoms with van der Waals surface area (Å²) in [7, 11) is 0. The molecular weight excluding hydrogens is 793 g/mol. The Balaban J connectivity index is 0.899. The van der Waals surface area contributed by atoms with Gasteiger partial charge >= 0.3 is 0 Å². The molecule has 0 amide bonds. The van der Waals surface area contributed by atoms with Gasteiger partial charge in [-0.3, -0.25) is 0 Å². The number of nitrogens with zero attached hydrogens (tertiary/aromatic N) is 2. The Morgan fingerprint density at radius 1 is 0.578 bits per heavy atom. The van der Waals surface area contributed by atoms with E-state index in [2.05, 4.69) is 242 Å². The molecule has 2 aliphatic rings. The second kappa shape index (κ2) is 17.3. The van der Waals surface area contributed by atoms with Crippen molar-refractivity contribution in [1.29, 1.82) is 0 Å². The van der Waals surface area contributed by atoms with Crippen LogP contribution in [-0.4, -0.2) is 6.04 Å². The van der Waals surface area contributed by atoms with Crippen LogP contribution < -0.4 is 9.80 Å². The van der Waals surface area contributed by atoms with Crippen molar-refractivity contribution in [2.45, 2.75) is 51.0 Å². The highest BCUT2D eigenvalue weighted by atomic mass is 32.1. The number of hydrogen-bond donors (Lipinski definition) is 0. The molecule has 2 heterocycles. The molecule has 0 N–H and O–H groups in total. The zero-order valence-electron chi connectivity index (χ0n) is 36.5. The Morgan fingerprint density at radius 3 is 1.97 bits per heavy atom. The molecule has 9 aromatic rings. The summed E-state index contributed by atoms with van der Waals surface area (Å²) in [5, 5.41) is 2.70. The van der Waals surface area contributed by atoms with Crippen molar-refractivity contribution in [1.82, 2.24) is 0 Å². The van der Waals surface area contributed by atoms with E-state index in [0.29, 0.717) is 17.9 Å². The Hall–Kier alpha value is -6.94. The van der Waals surface area contributed by atoms with E-state index >= 15 is 0 Å². The number of fused-ring (bicyclic) bond motifs is 4. The van der Waals surface area contributed by atoms with Gasteiger partial charge in [0.2, 0.25) is 0 Å². The van der Waals surface area contributed by atoms with Crippen LogP contribution >= 0.6 is 11.3 Å². The van der Waals surface area contributed by atoms with E-state index in [-0.39, 0.29) is 5.92 Å². The van der Waals surface area contributed by atoms with Gasteiger partial charge in [-0.25, -0.2) is 0 Å². The van der Waals surface area contributed by atoms with Gasteiger partial charge in [0.05, 0.1) is 0 Å². The molecule has 4 atom stereocenters. The van der Waals surface area contributed by atoms with Crippen LogP contribution in [0.25, 0.3) is 42.4 Å². The summed E-state index contributed by atoms with van der Waals surface area (Å²) in [6, 6.07) is 74.1. The van der Waals surface area contributed by atoms with E-state index in [0.717, 1.165) is 30.6 Å². The lowest BCUT2D eigenvalue weighted by molar-refractivity contribution is 0.419. The number of hydrogen-bond acceptors (Lipinski definition) is 3. The lowest BCUT2D eigenvalue weighted by atomic mass is 9.74. The molecule has 1 aliphatic carbocycles. The first-order valence-corrected chi connectivity index (χ1v) is 23.8. The van der Waals surface area contributed by atoms with Crippen LogP contribution in [0.4, 0.5) is 28.4 Å². The van der Waals surface area contributed by atoms with Crippen LogP contribution in [0, 0.1) is 5.92 Å². The average Bonchev–Trinajstić information content (AvgIpc) is 3.88. The molecule has 3 heteroatoms. The van der Waals surface area contributed by atoms with E-state index < -0.39 is 0 Å². The maximum Gasteiger partial charge on any atom is 0.0464 e. The highest BCUT2D eigenvalue weighted by Gasteiger charge is 2.41. The maximum absolute atomic E-state index is 2.63. The Kier molecular flexibility index (Phi) is 10.8. The third-order valence-electron chi connectivity index (χ3n) is 13.7. The highest BCUT2D eigenvalue weighted by molar-refractivity contribution is 7.25. The number of rotatable bonds is 11. The molecule has 0 bridgehead atoms. The molecule has 11 rings (SSSR count). The first kappa shape index (κ1) is 39.9. The maximum atomic E-state index is 2.63. The molecule has 0 saturated carbocycles. The minimum absolute atomic E-state index is 0.287. The van der Waals surface area contributed by atoms with Crippen molar-refractivity contribution in [3.63, 3.8) is 0 Å². The normalized spacial score (nSPS) is 17.4. The standard InChI is InChI=1S/C61H52N2S/c1-3-16-54(61-42(2)62(58-27-12-10-26-56(58)61)53-37-38-60-57(41-53)55-25-11-13-28-59(55)64-60)49-21-14-19-47(39-49)48-20-15-24-52(40-48)63(50-22-8-5-9-23-50)51-35-33-46(34-36-51)45-31-29-44(30-32-45)43-17-6-4-7-18-43/h4-15,17-18,20-42,47,54,61H,3,16,19H2,1-2H3. The Morgan fingerprint density at radius 2 is 1.20 bits per heavy atom. The fraction of sp³-hybridized carbons (Fsp3) is 0.148. The molecular formula is C61H52N2S. The minimum Gasteiger partial charge on any atom is -0.338 e. The average molecular weight is 845 g/mol. The topological polar surface area (TPSA) is 6.48 Å². The number of benzene rings is 8. The van der Waals surface area contributed by atoms with Gasteiger partial charge in [0.25, 0.3) is 0 Å². The number of thiophene rings is 1. The summed E-state index contributed by atoms with van der Waals surface area (Å²) in [4.78, 5) is 5.03. The molecule has 1 aliphatic heterocycles. The summed E-state index contributed by atoms with van der Waals surface area (Å²) in [6.07, 6.45) is 10.8. The van der Waals surface area contributed by atoms with Gasteiger partial charge in [-0.15, -0.1) is 11.3 Å². The summed E-state index contributed by atoms with van der Waals surface area (Å²) >= 11 is 1.89. The smallest absolute Gasteiger partial charge is 0.0464 e. The SMILES string of the molecule is CCCC(C1=CC(c2cccc(N(c3ccccc3)c3ccc(-c4ccc(-c5ccccc5)cc4)cc3)c2)CC=C1)C1c2ccccc2N(c2ccc3sc4ccccc4c3c2)C1C. The van der Waals surface area contributed by atoms with Crippen LogP contribution in [-0.2, 0) is 0 Å². The van der Waals surface area contributed by atoms with E-state index in [1.807, 2.05) is 11.3 Å². The van der Waals surface area contributed by atoms with Crippen LogP contribution in [0.15, 0.2) is 224 Å². The Labute approximate surface area is 382 Å². The second-order valence-electron chi connectivity index (χ2n) is 17.5. The van der Waals surface area contributed by atoms with Crippen LogP contribution in [0.5, 0.6) is 0 Å². The highest BCUT2D eigenvalue weighted by Crippen LogP contribution is 2.53. The molecule has 8 aromatic carbocycles. The quantitative estimate of drug-likeness (QED) is 0.128. The predicted molar refractivity (Wildman–Crippen MR) is 275 cm³/mol. The molecule has 2 nitrogen and oxygen atoms in total. The summed E-state index contributed by atoms with van der Waals surface area (Å²) < 4.78 is 2.70. The van der Waals surface area contributed by atoms with Gasteiger partial charge in [0.1, 0.15) is 0 Å². The lowest BCUT2D eigenvalue weighted by Crippen LogP contribution is -2.31. The van der Waals surface area contributed by atoms with Crippen molar-refractivity contribution in [3.05, 3.63) is 235 Å². The third kappa shape index (κ3) is 7.44. The van der Waals surface area contributed by atoms with Gasteiger partial charge in [-0.1, -0.05) is 165 Å². The van der Waals surface area contributed by atoms with Gasteiger partial charge in [0.15, 0.2) is 0 Å². The predicted octanol–water partition coefficient (Wildman–Crippen LogP) is 17.6. The van der Waals surface area contributed by atoms with Crippen molar-refractivity contribution in [3.8, 4) is 22.3 Å². The summed E-state index contributed by atoms with van der Waals surface area (Å²) in [5.74, 6) is 1.05. The lowest BCUT2D eigenvalue weighted by Gasteiger charge is -2.34. The Bertz CT molecular complexity index is 3130. The minimum atomic E-state index is 0.287. The molecule has 312 valence electrons. The number of anilines is 5. The van der Waals surface area contributed by atoms with Crippen LogP contribution in [0.2, 0.25) is 0 Å². The van der Waals surface area contributed by atoms with Crippen molar-refractivity contribution in [2.75, 3.05) is 9.80 Å². The summed E-state index contributed by atoms with van der Waals surface area (Å²) in [6.45, 7) is 4.82. The number of allylic oxidation sites excluding steroid dienone is 4. The van der Waals surface area contributed by atoms with Gasteiger partial charge < -0.3 is 9.80 Å². The molecule has 0 fully saturated rings. The molecule has 64 heavy (non-hydrogen) atoms. The monoisotopic (exact) mass is 844 g/mol.